The first-order chi connectivity index (χ1) is 7.52. The number of hydrogen-bond acceptors (Lipinski definition) is 3. The molecule has 0 aromatic heterocycles. The Balaban J connectivity index is 2.83. The number of Topliss-reactive ketones (excluding diaryl/α,β-unsaturated/α-hetero) is 2. The fourth-order valence-corrected chi connectivity index (χ4v) is 1.21. The molecule has 84 valence electrons. The zero-order chi connectivity index (χ0) is 12.1. The molecule has 0 saturated carbocycles. The number of carbonyl (C=O) groups excluding carboxylic acids is 2. The minimum absolute atomic E-state index is 0.0645. The van der Waals surface area contributed by atoms with Gasteiger partial charge in [0.15, 0.2) is 0 Å². The van der Waals surface area contributed by atoms with Gasteiger partial charge < -0.3 is 5.11 Å². The van der Waals surface area contributed by atoms with Gasteiger partial charge in [-0.25, -0.2) is 0 Å². The quantitative estimate of drug-likeness (QED) is 0.480. The van der Waals surface area contributed by atoms with Crippen molar-refractivity contribution in [3.8, 4) is 5.75 Å². The second kappa shape index (κ2) is 5.26. The summed E-state index contributed by atoms with van der Waals surface area (Å²) in [6.45, 7) is 3.72. The molecule has 3 heteroatoms. The van der Waals surface area contributed by atoms with E-state index in [4.69, 9.17) is 0 Å². The summed E-state index contributed by atoms with van der Waals surface area (Å²) in [4.78, 5) is 23.1. The topological polar surface area (TPSA) is 54.4 Å². The van der Waals surface area contributed by atoms with Crippen molar-refractivity contribution in [1.82, 2.24) is 0 Å². The Hall–Kier alpha value is -1.90. The van der Waals surface area contributed by atoms with Gasteiger partial charge in [-0.2, -0.15) is 0 Å². The summed E-state index contributed by atoms with van der Waals surface area (Å²) < 4.78 is 0. The number of carbonyl (C=O) groups is 2. The molecule has 0 atom stereocenters. The van der Waals surface area contributed by atoms with E-state index in [1.807, 2.05) is 13.8 Å². The monoisotopic (exact) mass is 218 g/mol. The van der Waals surface area contributed by atoms with Gasteiger partial charge in [-0.15, -0.1) is 0 Å². The zero-order valence-electron chi connectivity index (χ0n) is 9.36. The van der Waals surface area contributed by atoms with Crippen molar-refractivity contribution in [1.29, 1.82) is 0 Å². The number of aromatic hydroxyl groups is 1. The molecule has 0 bridgehead atoms. The van der Waals surface area contributed by atoms with E-state index in [-0.39, 0.29) is 17.7 Å². The highest BCUT2D eigenvalue weighted by molar-refractivity contribution is 6.44. The Morgan fingerprint density at radius 3 is 2.44 bits per heavy atom. The summed E-state index contributed by atoms with van der Waals surface area (Å²) >= 11 is 0. The van der Waals surface area contributed by atoms with Gasteiger partial charge in [0.2, 0.25) is 11.6 Å². The van der Waals surface area contributed by atoms with Crippen LogP contribution in [-0.2, 0) is 4.79 Å². The molecule has 1 rings (SSSR count). The largest absolute Gasteiger partial charge is 0.507 e. The number of para-hydroxylation sites is 1. The number of allylic oxidation sites excluding steroid dienone is 2. The molecule has 0 amide bonds. The van der Waals surface area contributed by atoms with Crippen LogP contribution >= 0.6 is 0 Å². The van der Waals surface area contributed by atoms with Crippen molar-refractivity contribution in [2.45, 2.75) is 20.3 Å². The molecule has 3 nitrogen and oxygen atoms in total. The van der Waals surface area contributed by atoms with Crippen LogP contribution in [0.1, 0.15) is 30.6 Å². The van der Waals surface area contributed by atoms with Gasteiger partial charge in [0, 0.05) is 6.42 Å². The van der Waals surface area contributed by atoms with Crippen LogP contribution in [0.2, 0.25) is 0 Å². The lowest BCUT2D eigenvalue weighted by molar-refractivity contribution is -0.114. The molecule has 0 aliphatic rings. The maximum atomic E-state index is 11.6. The molecule has 1 aromatic carbocycles. The van der Waals surface area contributed by atoms with Crippen LogP contribution in [0.25, 0.3) is 0 Å². The third-order valence-corrected chi connectivity index (χ3v) is 2.10. The summed E-state index contributed by atoms with van der Waals surface area (Å²) in [5.41, 5.74) is 1.05. The Kier molecular flexibility index (Phi) is 4.00. The third kappa shape index (κ3) is 3.05. The average Bonchev–Trinajstić information content (AvgIpc) is 2.25. The lowest BCUT2D eigenvalue weighted by Gasteiger charge is -2.01. The molecular weight excluding hydrogens is 204 g/mol. The van der Waals surface area contributed by atoms with E-state index in [9.17, 15) is 14.7 Å². The molecule has 0 spiro atoms. The van der Waals surface area contributed by atoms with Crippen molar-refractivity contribution in [3.63, 3.8) is 0 Å². The zero-order valence-corrected chi connectivity index (χ0v) is 9.36. The fourth-order valence-electron chi connectivity index (χ4n) is 1.21. The van der Waals surface area contributed by atoms with Crippen molar-refractivity contribution in [2.75, 3.05) is 0 Å². The van der Waals surface area contributed by atoms with Crippen LogP contribution in [0.15, 0.2) is 35.9 Å². The molecule has 1 aromatic rings. The van der Waals surface area contributed by atoms with Crippen LogP contribution in [0.4, 0.5) is 0 Å². The molecule has 0 aliphatic heterocycles. The highest BCUT2D eigenvalue weighted by atomic mass is 16.3. The molecule has 0 fully saturated rings. The lowest BCUT2D eigenvalue weighted by Crippen LogP contribution is -2.13. The highest BCUT2D eigenvalue weighted by Crippen LogP contribution is 2.17. The smallest absolute Gasteiger partial charge is 0.232 e. The maximum Gasteiger partial charge on any atom is 0.232 e. The van der Waals surface area contributed by atoms with Gasteiger partial charge in [0.1, 0.15) is 5.75 Å². The Bertz CT molecular complexity index is 440. The van der Waals surface area contributed by atoms with Crippen LogP contribution in [0, 0.1) is 0 Å². The van der Waals surface area contributed by atoms with Gasteiger partial charge in [-0.05, 0) is 26.0 Å². The van der Waals surface area contributed by atoms with Gasteiger partial charge in [-0.3, -0.25) is 9.59 Å². The predicted molar refractivity (Wildman–Crippen MR) is 61.5 cm³/mol. The number of phenols is 1. The summed E-state index contributed by atoms with van der Waals surface area (Å²) in [6, 6.07) is 6.05. The highest BCUT2D eigenvalue weighted by Gasteiger charge is 2.17. The standard InChI is InChI=1S/C13H14O3/c1-9(2)7-8-12(15)13(16)10-5-3-4-6-11(10)14/h3-7,14H,8H2,1-2H3. The van der Waals surface area contributed by atoms with E-state index in [1.165, 1.54) is 12.1 Å². The summed E-state index contributed by atoms with van der Waals surface area (Å²) in [5.74, 6) is -1.31. The van der Waals surface area contributed by atoms with Crippen molar-refractivity contribution < 1.29 is 14.7 Å². The predicted octanol–water partition coefficient (Wildman–Crippen LogP) is 2.50. The molecule has 0 heterocycles. The summed E-state index contributed by atoms with van der Waals surface area (Å²) in [5, 5.41) is 9.42. The molecule has 0 radical (unpaired) electrons. The molecule has 0 aliphatic carbocycles. The van der Waals surface area contributed by atoms with E-state index in [0.717, 1.165) is 5.57 Å². The maximum absolute atomic E-state index is 11.6. The Labute approximate surface area is 94.4 Å². The van der Waals surface area contributed by atoms with Crippen molar-refractivity contribution >= 4 is 11.6 Å². The van der Waals surface area contributed by atoms with E-state index in [1.54, 1.807) is 18.2 Å². The summed E-state index contributed by atoms with van der Waals surface area (Å²) in [6.07, 6.45) is 1.77. The van der Waals surface area contributed by atoms with E-state index < -0.39 is 11.6 Å². The third-order valence-electron chi connectivity index (χ3n) is 2.10. The van der Waals surface area contributed by atoms with Crippen LogP contribution < -0.4 is 0 Å². The normalized spacial score (nSPS) is 9.62. The van der Waals surface area contributed by atoms with Crippen molar-refractivity contribution in [2.24, 2.45) is 0 Å². The minimum atomic E-state index is -0.643. The minimum Gasteiger partial charge on any atom is -0.507 e. The summed E-state index contributed by atoms with van der Waals surface area (Å²) in [7, 11) is 0. The van der Waals surface area contributed by atoms with Gasteiger partial charge in [-0.1, -0.05) is 23.8 Å². The number of phenolic OH excluding ortho intramolecular Hbond substituents is 1. The molecule has 0 unspecified atom stereocenters. The first kappa shape index (κ1) is 12.2. The van der Waals surface area contributed by atoms with E-state index in [0.29, 0.717) is 0 Å². The van der Waals surface area contributed by atoms with Gasteiger partial charge in [0.05, 0.1) is 5.56 Å². The van der Waals surface area contributed by atoms with Gasteiger partial charge >= 0.3 is 0 Å². The van der Waals surface area contributed by atoms with Crippen LogP contribution in [0.3, 0.4) is 0 Å². The second-order valence-electron chi connectivity index (χ2n) is 3.76. The SMILES string of the molecule is CC(C)=CCC(=O)C(=O)c1ccccc1O. The Morgan fingerprint density at radius 2 is 1.88 bits per heavy atom. The van der Waals surface area contributed by atoms with Crippen LogP contribution in [0.5, 0.6) is 5.75 Å². The molecule has 16 heavy (non-hydrogen) atoms. The number of rotatable bonds is 4. The van der Waals surface area contributed by atoms with E-state index >= 15 is 0 Å². The number of ketones is 2. The Morgan fingerprint density at radius 1 is 1.25 bits per heavy atom. The second-order valence-corrected chi connectivity index (χ2v) is 3.76. The van der Waals surface area contributed by atoms with Crippen molar-refractivity contribution in [3.05, 3.63) is 41.5 Å². The fraction of sp³-hybridized carbons (Fsp3) is 0.231. The van der Waals surface area contributed by atoms with Crippen LogP contribution in [-0.4, -0.2) is 16.7 Å². The molecular formula is C13H14O3. The average molecular weight is 218 g/mol. The first-order valence-corrected chi connectivity index (χ1v) is 5.01. The molecule has 0 saturated heterocycles. The lowest BCUT2D eigenvalue weighted by atomic mass is 10.0. The van der Waals surface area contributed by atoms with E-state index in [2.05, 4.69) is 0 Å². The number of hydrogen-bond donors (Lipinski definition) is 1. The first-order valence-electron chi connectivity index (χ1n) is 5.01. The number of benzene rings is 1. The molecule has 1 N–H and O–H groups in total. The van der Waals surface area contributed by atoms with Gasteiger partial charge in [0.25, 0.3) is 0 Å².